The second-order valence-corrected chi connectivity index (χ2v) is 9.92. The smallest absolute Gasteiger partial charge is 0.339 e. The van der Waals surface area contributed by atoms with Crippen LogP contribution in [0.15, 0.2) is 36.7 Å². The second-order valence-electron chi connectivity index (χ2n) is 9.51. The standard InChI is InChI=1S/C24H30ClN5O2/c1-27(13-17-6-2-3-7-22(17)25)21-10-18-14-29(15-19(18)11-21)24(32)30-16-20(12-26-30)23(31)28-8-4-5-9-28/h2-3,6-7,12,16,18-19,21H,4-5,8-11,13-15H2,1H3/t18-,19?,21?/m0/s1. The third kappa shape index (κ3) is 4.16. The first-order valence-electron chi connectivity index (χ1n) is 11.6. The molecular weight excluding hydrogens is 426 g/mol. The van der Waals surface area contributed by atoms with Crippen LogP contribution in [0.2, 0.25) is 5.02 Å². The number of likely N-dealkylation sites (tertiary alicyclic amines) is 2. The molecule has 0 spiro atoms. The van der Waals surface area contributed by atoms with E-state index in [0.717, 1.165) is 69.0 Å². The lowest BCUT2D eigenvalue weighted by atomic mass is 10.0. The zero-order valence-corrected chi connectivity index (χ0v) is 19.2. The Kier molecular flexibility index (Phi) is 5.95. The first-order valence-corrected chi connectivity index (χ1v) is 11.9. The molecule has 3 atom stereocenters. The number of fused-ring (bicyclic) bond motifs is 1. The predicted octanol–water partition coefficient (Wildman–Crippen LogP) is 3.58. The van der Waals surface area contributed by atoms with Crippen LogP contribution in [0.5, 0.6) is 0 Å². The Morgan fingerprint density at radius 3 is 2.47 bits per heavy atom. The fourth-order valence-electron chi connectivity index (χ4n) is 5.59. The molecule has 1 aromatic heterocycles. The van der Waals surface area contributed by atoms with E-state index in [1.807, 2.05) is 28.0 Å². The SMILES string of the molecule is CN(Cc1ccccc1Cl)C1CC2CN(C(=O)n3cc(C(=O)N4CCCC4)cn3)C[C@@H]2C1. The van der Waals surface area contributed by atoms with E-state index < -0.39 is 0 Å². The summed E-state index contributed by atoms with van der Waals surface area (Å²) in [4.78, 5) is 31.7. The Balaban J connectivity index is 1.16. The Hall–Kier alpha value is -2.38. The normalized spacial score (nSPS) is 25.0. The van der Waals surface area contributed by atoms with Crippen molar-refractivity contribution >= 4 is 23.5 Å². The zero-order valence-electron chi connectivity index (χ0n) is 18.5. The van der Waals surface area contributed by atoms with Gasteiger partial charge in [0.05, 0.1) is 11.8 Å². The molecule has 1 aromatic carbocycles. The van der Waals surface area contributed by atoms with Gasteiger partial charge in [0.25, 0.3) is 5.91 Å². The van der Waals surface area contributed by atoms with E-state index in [9.17, 15) is 9.59 Å². The first-order chi connectivity index (χ1) is 15.5. The van der Waals surface area contributed by atoms with Gasteiger partial charge in [-0.1, -0.05) is 29.8 Å². The molecule has 1 saturated carbocycles. The maximum Gasteiger partial charge on any atom is 0.344 e. The highest BCUT2D eigenvalue weighted by atomic mass is 35.5. The summed E-state index contributed by atoms with van der Waals surface area (Å²) in [5, 5.41) is 5.02. The fourth-order valence-corrected chi connectivity index (χ4v) is 5.79. The van der Waals surface area contributed by atoms with Gasteiger partial charge in [-0.2, -0.15) is 9.78 Å². The molecule has 2 aromatic rings. The first kappa shape index (κ1) is 21.5. The van der Waals surface area contributed by atoms with Gasteiger partial charge in [-0.25, -0.2) is 4.79 Å². The monoisotopic (exact) mass is 455 g/mol. The molecular formula is C24H30ClN5O2. The van der Waals surface area contributed by atoms with E-state index in [1.54, 1.807) is 6.20 Å². The Morgan fingerprint density at radius 1 is 1.09 bits per heavy atom. The fraction of sp³-hybridized carbons (Fsp3) is 0.542. The van der Waals surface area contributed by atoms with Crippen molar-refractivity contribution in [2.75, 3.05) is 33.2 Å². The van der Waals surface area contributed by atoms with Gasteiger partial charge in [0.15, 0.2) is 0 Å². The van der Waals surface area contributed by atoms with Crippen molar-refractivity contribution < 1.29 is 9.59 Å². The lowest BCUT2D eigenvalue weighted by Gasteiger charge is -2.26. The number of carbonyl (C=O) groups excluding carboxylic acids is 2. The van der Waals surface area contributed by atoms with Crippen LogP contribution in [-0.4, -0.2) is 75.7 Å². The van der Waals surface area contributed by atoms with E-state index >= 15 is 0 Å². The van der Waals surface area contributed by atoms with Gasteiger partial charge in [-0.15, -0.1) is 0 Å². The molecule has 8 heteroatoms. The lowest BCUT2D eigenvalue weighted by molar-refractivity contribution is 0.0793. The average molecular weight is 456 g/mol. The summed E-state index contributed by atoms with van der Waals surface area (Å²) in [5.74, 6) is 1.00. The van der Waals surface area contributed by atoms with E-state index in [-0.39, 0.29) is 11.9 Å². The Morgan fingerprint density at radius 2 is 1.78 bits per heavy atom. The zero-order chi connectivity index (χ0) is 22.2. The summed E-state index contributed by atoms with van der Waals surface area (Å²) >= 11 is 6.34. The molecule has 2 amide bonds. The minimum absolute atomic E-state index is 0.0239. The van der Waals surface area contributed by atoms with Gasteiger partial charge in [0.1, 0.15) is 0 Å². The molecule has 2 unspecified atom stereocenters. The van der Waals surface area contributed by atoms with E-state index in [0.29, 0.717) is 23.4 Å². The van der Waals surface area contributed by atoms with Crippen LogP contribution in [0, 0.1) is 11.8 Å². The Labute approximate surface area is 193 Å². The number of hydrogen-bond donors (Lipinski definition) is 0. The number of hydrogen-bond acceptors (Lipinski definition) is 4. The maximum absolute atomic E-state index is 13.0. The van der Waals surface area contributed by atoms with Crippen LogP contribution in [0.4, 0.5) is 4.79 Å². The second kappa shape index (κ2) is 8.87. The van der Waals surface area contributed by atoms with Gasteiger partial charge < -0.3 is 9.80 Å². The molecule has 2 saturated heterocycles. The number of carbonyl (C=O) groups is 2. The predicted molar refractivity (Wildman–Crippen MR) is 123 cm³/mol. The molecule has 2 aliphatic heterocycles. The number of rotatable bonds is 4. The van der Waals surface area contributed by atoms with Gasteiger partial charge in [0.2, 0.25) is 0 Å². The number of aromatic nitrogens is 2. The summed E-state index contributed by atoms with van der Waals surface area (Å²) < 4.78 is 1.34. The van der Waals surface area contributed by atoms with E-state index in [1.165, 1.54) is 10.9 Å². The molecule has 0 bridgehead atoms. The topological polar surface area (TPSA) is 61.7 Å². The quantitative estimate of drug-likeness (QED) is 0.707. The molecule has 1 aliphatic carbocycles. The van der Waals surface area contributed by atoms with Crippen LogP contribution in [0.3, 0.4) is 0 Å². The summed E-state index contributed by atoms with van der Waals surface area (Å²) in [6.07, 6.45) is 7.39. The van der Waals surface area contributed by atoms with Gasteiger partial charge in [-0.3, -0.25) is 9.69 Å². The molecule has 3 heterocycles. The highest BCUT2D eigenvalue weighted by molar-refractivity contribution is 6.31. The van der Waals surface area contributed by atoms with Gasteiger partial charge in [-0.05, 0) is 56.2 Å². The average Bonchev–Trinajstić information content (AvgIpc) is 3.58. The van der Waals surface area contributed by atoms with Crippen LogP contribution in [-0.2, 0) is 6.54 Å². The molecule has 0 radical (unpaired) electrons. The maximum atomic E-state index is 13.0. The third-order valence-electron chi connectivity index (χ3n) is 7.42. The van der Waals surface area contributed by atoms with Crippen LogP contribution in [0.1, 0.15) is 41.6 Å². The molecule has 5 rings (SSSR count). The van der Waals surface area contributed by atoms with E-state index in [4.69, 9.17) is 11.6 Å². The highest BCUT2D eigenvalue weighted by Gasteiger charge is 2.43. The van der Waals surface area contributed by atoms with Crippen molar-refractivity contribution in [3.8, 4) is 0 Å². The minimum Gasteiger partial charge on any atom is -0.339 e. The summed E-state index contributed by atoms with van der Waals surface area (Å²) in [6, 6.07) is 8.40. The van der Waals surface area contributed by atoms with Crippen molar-refractivity contribution in [1.82, 2.24) is 24.5 Å². The summed E-state index contributed by atoms with van der Waals surface area (Å²) in [7, 11) is 2.17. The molecule has 7 nitrogen and oxygen atoms in total. The van der Waals surface area contributed by atoms with Crippen molar-refractivity contribution in [3.63, 3.8) is 0 Å². The lowest BCUT2D eigenvalue weighted by Crippen LogP contribution is -2.36. The number of halogens is 1. The van der Waals surface area contributed by atoms with Crippen LogP contribution in [0.25, 0.3) is 0 Å². The van der Waals surface area contributed by atoms with Crippen LogP contribution < -0.4 is 0 Å². The third-order valence-corrected chi connectivity index (χ3v) is 7.79. The van der Waals surface area contributed by atoms with E-state index in [2.05, 4.69) is 23.1 Å². The van der Waals surface area contributed by atoms with Crippen molar-refractivity contribution in [1.29, 1.82) is 0 Å². The molecule has 3 fully saturated rings. The van der Waals surface area contributed by atoms with Crippen molar-refractivity contribution in [2.24, 2.45) is 11.8 Å². The van der Waals surface area contributed by atoms with Crippen LogP contribution >= 0.6 is 11.6 Å². The van der Waals surface area contributed by atoms with Gasteiger partial charge >= 0.3 is 6.03 Å². The van der Waals surface area contributed by atoms with Gasteiger partial charge in [0, 0.05) is 50.0 Å². The summed E-state index contributed by atoms with van der Waals surface area (Å²) in [5.41, 5.74) is 1.66. The number of nitrogens with zero attached hydrogens (tertiary/aromatic N) is 5. The Bertz CT molecular complexity index is 988. The minimum atomic E-state index is -0.124. The highest BCUT2D eigenvalue weighted by Crippen LogP contribution is 2.40. The number of amides is 2. The number of benzene rings is 1. The van der Waals surface area contributed by atoms with Crippen molar-refractivity contribution in [3.05, 3.63) is 52.8 Å². The summed E-state index contributed by atoms with van der Waals surface area (Å²) in [6.45, 7) is 3.94. The molecule has 32 heavy (non-hydrogen) atoms. The largest absolute Gasteiger partial charge is 0.344 e. The molecule has 170 valence electrons. The molecule has 3 aliphatic rings. The molecule has 0 N–H and O–H groups in total. The van der Waals surface area contributed by atoms with Crippen molar-refractivity contribution in [2.45, 2.75) is 38.3 Å².